The zero-order valence-corrected chi connectivity index (χ0v) is 9.94. The van der Waals surface area contributed by atoms with E-state index >= 15 is 0 Å². The number of rotatable bonds is 3. The van der Waals surface area contributed by atoms with Crippen LogP contribution in [0.25, 0.3) is 0 Å². The zero-order valence-electron chi connectivity index (χ0n) is 9.13. The molecule has 90 valence electrons. The molecule has 17 heavy (non-hydrogen) atoms. The molecule has 0 atom stereocenters. The van der Waals surface area contributed by atoms with E-state index < -0.39 is 11.6 Å². The molecule has 1 heterocycles. The van der Waals surface area contributed by atoms with E-state index in [1.807, 2.05) is 12.3 Å². The molecule has 0 saturated heterocycles. The number of hydrogen-bond donors (Lipinski definition) is 2. The van der Waals surface area contributed by atoms with Crippen LogP contribution < -0.4 is 11.1 Å². The first-order valence-corrected chi connectivity index (χ1v) is 5.83. The Morgan fingerprint density at radius 2 is 2.00 bits per heavy atom. The lowest BCUT2D eigenvalue weighted by atomic mass is 10.2. The van der Waals surface area contributed by atoms with Gasteiger partial charge < -0.3 is 11.1 Å². The number of hydrogen-bond acceptors (Lipinski definition) is 4. The molecular formula is C11H11F2N3S. The number of nitrogens with one attached hydrogen (secondary N) is 1. The van der Waals surface area contributed by atoms with Gasteiger partial charge in [0.15, 0.2) is 11.6 Å². The second-order valence-corrected chi connectivity index (χ2v) is 4.54. The summed E-state index contributed by atoms with van der Waals surface area (Å²) >= 11 is 1.44. The number of benzene rings is 1. The average molecular weight is 255 g/mol. The minimum absolute atomic E-state index is 0.0654. The maximum Gasteiger partial charge on any atom is 0.151 e. The molecule has 1 aromatic carbocycles. The SMILES string of the molecule is Cc1csc(CNc2c(F)cc(N)cc2F)n1. The number of nitrogens with zero attached hydrogens (tertiary/aromatic N) is 1. The minimum Gasteiger partial charge on any atom is -0.399 e. The molecule has 0 aliphatic carbocycles. The maximum absolute atomic E-state index is 13.4. The molecule has 0 saturated carbocycles. The van der Waals surface area contributed by atoms with E-state index in [0.29, 0.717) is 0 Å². The highest BCUT2D eigenvalue weighted by Crippen LogP contribution is 2.22. The molecular weight excluding hydrogens is 244 g/mol. The van der Waals surface area contributed by atoms with Crippen molar-refractivity contribution in [3.05, 3.63) is 39.8 Å². The van der Waals surface area contributed by atoms with Crippen molar-refractivity contribution in [1.82, 2.24) is 4.98 Å². The lowest BCUT2D eigenvalue weighted by Gasteiger charge is -2.07. The van der Waals surface area contributed by atoms with Crippen LogP contribution in [-0.2, 0) is 6.54 Å². The summed E-state index contributed by atoms with van der Waals surface area (Å²) in [4.78, 5) is 4.19. The summed E-state index contributed by atoms with van der Waals surface area (Å²) in [6.07, 6.45) is 0. The van der Waals surface area contributed by atoms with Gasteiger partial charge in [-0.2, -0.15) is 0 Å². The van der Waals surface area contributed by atoms with Crippen LogP contribution in [-0.4, -0.2) is 4.98 Å². The van der Waals surface area contributed by atoms with Crippen molar-refractivity contribution < 1.29 is 8.78 Å². The van der Waals surface area contributed by atoms with E-state index in [1.54, 1.807) is 0 Å². The molecule has 0 aliphatic rings. The average Bonchev–Trinajstić information content (AvgIpc) is 2.62. The quantitative estimate of drug-likeness (QED) is 0.829. The van der Waals surface area contributed by atoms with Crippen molar-refractivity contribution in [2.75, 3.05) is 11.1 Å². The molecule has 1 aromatic heterocycles. The lowest BCUT2D eigenvalue weighted by molar-refractivity contribution is 0.589. The molecule has 0 aliphatic heterocycles. The first kappa shape index (κ1) is 11.8. The zero-order chi connectivity index (χ0) is 12.4. The van der Waals surface area contributed by atoms with Crippen molar-refractivity contribution in [1.29, 1.82) is 0 Å². The van der Waals surface area contributed by atoms with Crippen LogP contribution in [0.2, 0.25) is 0 Å². The summed E-state index contributed by atoms with van der Waals surface area (Å²) in [5.41, 5.74) is 6.11. The van der Waals surface area contributed by atoms with Gasteiger partial charge in [-0.1, -0.05) is 0 Å². The number of anilines is 2. The summed E-state index contributed by atoms with van der Waals surface area (Å²) in [7, 11) is 0. The Bertz CT molecular complexity index is 516. The van der Waals surface area contributed by atoms with Crippen molar-refractivity contribution in [3.63, 3.8) is 0 Å². The second kappa shape index (κ2) is 4.67. The molecule has 0 unspecified atom stereocenters. The van der Waals surface area contributed by atoms with Gasteiger partial charge >= 0.3 is 0 Å². The fraction of sp³-hybridized carbons (Fsp3) is 0.182. The highest BCUT2D eigenvalue weighted by atomic mass is 32.1. The highest BCUT2D eigenvalue weighted by Gasteiger charge is 2.10. The molecule has 0 radical (unpaired) electrons. The van der Waals surface area contributed by atoms with Crippen LogP contribution in [0.3, 0.4) is 0 Å². The van der Waals surface area contributed by atoms with Crippen LogP contribution in [0.1, 0.15) is 10.7 Å². The topological polar surface area (TPSA) is 50.9 Å². The smallest absolute Gasteiger partial charge is 0.151 e. The van der Waals surface area contributed by atoms with Gasteiger partial charge in [-0.05, 0) is 19.1 Å². The van der Waals surface area contributed by atoms with Crippen molar-refractivity contribution >= 4 is 22.7 Å². The molecule has 0 fully saturated rings. The summed E-state index contributed by atoms with van der Waals surface area (Å²) < 4.78 is 26.8. The standard InChI is InChI=1S/C11H11F2N3S/c1-6-5-17-10(16-6)4-15-11-8(12)2-7(14)3-9(11)13/h2-3,5,15H,4,14H2,1H3. The van der Waals surface area contributed by atoms with Crippen LogP contribution in [0.4, 0.5) is 20.2 Å². The van der Waals surface area contributed by atoms with Gasteiger partial charge in [0.25, 0.3) is 0 Å². The fourth-order valence-corrected chi connectivity index (χ4v) is 2.12. The van der Waals surface area contributed by atoms with E-state index in [2.05, 4.69) is 10.3 Å². The first-order chi connectivity index (χ1) is 8.06. The second-order valence-electron chi connectivity index (χ2n) is 3.60. The monoisotopic (exact) mass is 255 g/mol. The molecule has 0 spiro atoms. The van der Waals surface area contributed by atoms with Crippen LogP contribution in [0.5, 0.6) is 0 Å². The largest absolute Gasteiger partial charge is 0.399 e. The van der Waals surface area contributed by atoms with Gasteiger partial charge in [-0.3, -0.25) is 0 Å². The Labute approximate surface area is 101 Å². The Kier molecular flexibility index (Phi) is 3.23. The van der Waals surface area contributed by atoms with Gasteiger partial charge in [0, 0.05) is 16.8 Å². The molecule has 3 nitrogen and oxygen atoms in total. The fourth-order valence-electron chi connectivity index (χ4n) is 1.41. The molecule has 3 N–H and O–H groups in total. The molecule has 2 aromatic rings. The summed E-state index contributed by atoms with van der Waals surface area (Å²) in [6.45, 7) is 2.15. The predicted molar refractivity (Wildman–Crippen MR) is 64.9 cm³/mol. The molecule has 6 heteroatoms. The summed E-state index contributed by atoms with van der Waals surface area (Å²) in [5, 5.41) is 5.34. The van der Waals surface area contributed by atoms with Gasteiger partial charge in [0.2, 0.25) is 0 Å². The Morgan fingerprint density at radius 3 is 2.53 bits per heavy atom. The highest BCUT2D eigenvalue weighted by molar-refractivity contribution is 7.09. The van der Waals surface area contributed by atoms with Crippen molar-refractivity contribution in [2.24, 2.45) is 0 Å². The molecule has 0 bridgehead atoms. The van der Waals surface area contributed by atoms with Gasteiger partial charge in [0.1, 0.15) is 10.7 Å². The van der Waals surface area contributed by atoms with E-state index in [-0.39, 0.29) is 17.9 Å². The maximum atomic E-state index is 13.4. The normalized spacial score (nSPS) is 10.5. The Hall–Kier alpha value is -1.69. The molecule has 0 amide bonds. The predicted octanol–water partition coefficient (Wildman–Crippen LogP) is 2.92. The number of thiazole rings is 1. The van der Waals surface area contributed by atoms with Crippen LogP contribution in [0, 0.1) is 18.6 Å². The lowest BCUT2D eigenvalue weighted by Crippen LogP contribution is -2.04. The third-order valence-electron chi connectivity index (χ3n) is 2.15. The van der Waals surface area contributed by atoms with E-state index in [4.69, 9.17) is 5.73 Å². The van der Waals surface area contributed by atoms with E-state index in [1.165, 1.54) is 11.3 Å². The Balaban J connectivity index is 2.14. The number of nitrogen functional groups attached to an aromatic ring is 1. The van der Waals surface area contributed by atoms with Gasteiger partial charge in [-0.25, -0.2) is 13.8 Å². The van der Waals surface area contributed by atoms with Crippen LogP contribution in [0.15, 0.2) is 17.5 Å². The van der Waals surface area contributed by atoms with Crippen molar-refractivity contribution in [2.45, 2.75) is 13.5 Å². The number of aromatic nitrogens is 1. The number of nitrogens with two attached hydrogens (primary N) is 1. The van der Waals surface area contributed by atoms with E-state index in [9.17, 15) is 8.78 Å². The first-order valence-electron chi connectivity index (χ1n) is 4.95. The van der Waals surface area contributed by atoms with Gasteiger partial charge in [0.05, 0.1) is 6.54 Å². The minimum atomic E-state index is -0.698. The summed E-state index contributed by atoms with van der Waals surface area (Å²) in [5.74, 6) is -1.40. The Morgan fingerprint density at radius 1 is 1.35 bits per heavy atom. The third-order valence-corrected chi connectivity index (χ3v) is 3.11. The molecule has 2 rings (SSSR count). The third kappa shape index (κ3) is 2.71. The van der Waals surface area contributed by atoms with Crippen molar-refractivity contribution in [3.8, 4) is 0 Å². The number of halogens is 2. The van der Waals surface area contributed by atoms with Gasteiger partial charge in [-0.15, -0.1) is 11.3 Å². The number of aryl methyl sites for hydroxylation is 1. The van der Waals surface area contributed by atoms with Crippen LogP contribution >= 0.6 is 11.3 Å². The summed E-state index contributed by atoms with van der Waals surface area (Å²) in [6, 6.07) is 2.16. The van der Waals surface area contributed by atoms with E-state index in [0.717, 1.165) is 22.8 Å².